The first-order valence-electron chi connectivity index (χ1n) is 9.47. The first kappa shape index (κ1) is 16.7. The Kier molecular flexibility index (Phi) is 5.16. The van der Waals surface area contributed by atoms with Crippen LogP contribution in [0.25, 0.3) is 0 Å². The SMILES string of the molecule is CC(C)(C)C1CCC2(CC1)OCC(CN1CCCCC1)CO2. The van der Waals surface area contributed by atoms with Crippen LogP contribution in [-0.2, 0) is 9.47 Å². The molecule has 0 aromatic rings. The van der Waals surface area contributed by atoms with Crippen LogP contribution in [0.4, 0.5) is 0 Å². The fourth-order valence-electron chi connectivity index (χ4n) is 4.45. The van der Waals surface area contributed by atoms with Crippen LogP contribution in [0.1, 0.15) is 65.7 Å². The Morgan fingerprint density at radius 2 is 1.55 bits per heavy atom. The Bertz CT molecular complexity index is 339. The molecule has 2 aliphatic heterocycles. The van der Waals surface area contributed by atoms with Gasteiger partial charge >= 0.3 is 0 Å². The van der Waals surface area contributed by atoms with Gasteiger partial charge in [-0.05, 0) is 50.1 Å². The van der Waals surface area contributed by atoms with Gasteiger partial charge < -0.3 is 14.4 Å². The van der Waals surface area contributed by atoms with Crippen LogP contribution >= 0.6 is 0 Å². The number of piperidine rings is 1. The second-order valence-electron chi connectivity index (χ2n) is 8.90. The van der Waals surface area contributed by atoms with Crippen LogP contribution in [0.3, 0.4) is 0 Å². The maximum absolute atomic E-state index is 6.27. The lowest BCUT2D eigenvalue weighted by molar-refractivity contribution is -0.300. The molecule has 3 fully saturated rings. The molecule has 0 N–H and O–H groups in total. The van der Waals surface area contributed by atoms with E-state index in [0.29, 0.717) is 11.3 Å². The van der Waals surface area contributed by atoms with Crippen molar-refractivity contribution in [3.05, 3.63) is 0 Å². The molecule has 0 atom stereocenters. The summed E-state index contributed by atoms with van der Waals surface area (Å²) in [5.41, 5.74) is 0.424. The van der Waals surface area contributed by atoms with Gasteiger partial charge in [-0.1, -0.05) is 27.2 Å². The molecule has 3 nitrogen and oxygen atoms in total. The molecule has 0 bridgehead atoms. The smallest absolute Gasteiger partial charge is 0.168 e. The van der Waals surface area contributed by atoms with E-state index < -0.39 is 0 Å². The predicted octanol–water partition coefficient (Wildman–Crippen LogP) is 4.07. The zero-order chi connectivity index (χ0) is 15.6. The third-order valence-electron chi connectivity index (χ3n) is 6.10. The van der Waals surface area contributed by atoms with Crippen molar-refractivity contribution in [3.8, 4) is 0 Å². The van der Waals surface area contributed by atoms with Crippen molar-refractivity contribution in [2.75, 3.05) is 32.8 Å². The molecule has 3 aliphatic rings. The second kappa shape index (κ2) is 6.78. The summed E-state index contributed by atoms with van der Waals surface area (Å²) in [4.78, 5) is 2.61. The number of ether oxygens (including phenoxy) is 2. The van der Waals surface area contributed by atoms with Gasteiger partial charge in [-0.15, -0.1) is 0 Å². The van der Waals surface area contributed by atoms with Crippen LogP contribution in [0.15, 0.2) is 0 Å². The Morgan fingerprint density at radius 1 is 0.955 bits per heavy atom. The van der Waals surface area contributed by atoms with Crippen molar-refractivity contribution < 1.29 is 9.47 Å². The fraction of sp³-hybridized carbons (Fsp3) is 1.00. The molecule has 1 aliphatic carbocycles. The van der Waals surface area contributed by atoms with E-state index in [9.17, 15) is 0 Å². The van der Waals surface area contributed by atoms with Crippen LogP contribution in [0.2, 0.25) is 0 Å². The maximum atomic E-state index is 6.27. The fourth-order valence-corrected chi connectivity index (χ4v) is 4.45. The van der Waals surface area contributed by atoms with Gasteiger partial charge in [0.2, 0.25) is 0 Å². The Labute approximate surface area is 136 Å². The lowest BCUT2D eigenvalue weighted by atomic mass is 9.71. The highest BCUT2D eigenvalue weighted by molar-refractivity contribution is 4.87. The molecule has 0 unspecified atom stereocenters. The largest absolute Gasteiger partial charge is 0.350 e. The van der Waals surface area contributed by atoms with Gasteiger partial charge in [-0.2, -0.15) is 0 Å². The number of rotatable bonds is 2. The molecule has 2 heterocycles. The number of hydrogen-bond donors (Lipinski definition) is 0. The lowest BCUT2D eigenvalue weighted by Gasteiger charge is -2.47. The summed E-state index contributed by atoms with van der Waals surface area (Å²) in [6.45, 7) is 12.6. The number of hydrogen-bond acceptors (Lipinski definition) is 3. The topological polar surface area (TPSA) is 21.7 Å². The van der Waals surface area contributed by atoms with E-state index in [1.807, 2.05) is 0 Å². The van der Waals surface area contributed by atoms with Gasteiger partial charge in [0.05, 0.1) is 13.2 Å². The third kappa shape index (κ3) is 4.04. The number of nitrogens with zero attached hydrogens (tertiary/aromatic N) is 1. The molecule has 0 amide bonds. The normalized spacial score (nSPS) is 38.3. The first-order chi connectivity index (χ1) is 10.5. The minimum absolute atomic E-state index is 0.236. The van der Waals surface area contributed by atoms with Crippen molar-refractivity contribution in [1.82, 2.24) is 4.90 Å². The lowest BCUT2D eigenvalue weighted by Crippen LogP contribution is -2.50. The van der Waals surface area contributed by atoms with Crippen molar-refractivity contribution in [2.45, 2.75) is 71.5 Å². The van der Waals surface area contributed by atoms with E-state index in [0.717, 1.165) is 32.0 Å². The monoisotopic (exact) mass is 309 g/mol. The van der Waals surface area contributed by atoms with E-state index in [-0.39, 0.29) is 5.79 Å². The third-order valence-corrected chi connectivity index (χ3v) is 6.10. The molecule has 2 saturated heterocycles. The number of likely N-dealkylation sites (tertiary alicyclic amines) is 1. The zero-order valence-corrected chi connectivity index (χ0v) is 14.9. The van der Waals surface area contributed by atoms with Gasteiger partial charge in [-0.3, -0.25) is 0 Å². The highest BCUT2D eigenvalue weighted by Crippen LogP contribution is 2.44. The van der Waals surface area contributed by atoms with Crippen LogP contribution < -0.4 is 0 Å². The van der Waals surface area contributed by atoms with Crippen molar-refractivity contribution in [2.24, 2.45) is 17.3 Å². The van der Waals surface area contributed by atoms with Crippen molar-refractivity contribution in [1.29, 1.82) is 0 Å². The summed E-state index contributed by atoms with van der Waals surface area (Å²) < 4.78 is 12.5. The van der Waals surface area contributed by atoms with Gasteiger partial charge in [0.1, 0.15) is 0 Å². The van der Waals surface area contributed by atoms with Crippen LogP contribution in [0, 0.1) is 17.3 Å². The molecular formula is C19H35NO2. The van der Waals surface area contributed by atoms with Gasteiger partial charge in [0.25, 0.3) is 0 Å². The molecule has 1 spiro atoms. The highest BCUT2D eigenvalue weighted by Gasteiger charge is 2.43. The van der Waals surface area contributed by atoms with E-state index in [1.165, 1.54) is 51.7 Å². The molecular weight excluding hydrogens is 274 g/mol. The summed E-state index contributed by atoms with van der Waals surface area (Å²) in [6, 6.07) is 0. The Hall–Kier alpha value is -0.120. The van der Waals surface area contributed by atoms with E-state index in [1.54, 1.807) is 0 Å². The molecule has 0 aromatic carbocycles. The van der Waals surface area contributed by atoms with Gasteiger partial charge in [0, 0.05) is 25.3 Å². The summed E-state index contributed by atoms with van der Waals surface area (Å²) in [5.74, 6) is 1.15. The summed E-state index contributed by atoms with van der Waals surface area (Å²) in [5, 5.41) is 0. The highest BCUT2D eigenvalue weighted by atomic mass is 16.7. The Balaban J connectivity index is 1.44. The summed E-state index contributed by atoms with van der Waals surface area (Å²) >= 11 is 0. The van der Waals surface area contributed by atoms with Crippen LogP contribution in [-0.4, -0.2) is 43.5 Å². The van der Waals surface area contributed by atoms with E-state index in [4.69, 9.17) is 9.47 Å². The quantitative estimate of drug-likeness (QED) is 0.767. The molecule has 22 heavy (non-hydrogen) atoms. The van der Waals surface area contributed by atoms with Gasteiger partial charge in [0.15, 0.2) is 5.79 Å². The van der Waals surface area contributed by atoms with Crippen molar-refractivity contribution in [3.63, 3.8) is 0 Å². The van der Waals surface area contributed by atoms with Gasteiger partial charge in [-0.25, -0.2) is 0 Å². The van der Waals surface area contributed by atoms with Crippen molar-refractivity contribution >= 4 is 0 Å². The first-order valence-corrected chi connectivity index (χ1v) is 9.47. The molecule has 0 aromatic heterocycles. The minimum atomic E-state index is -0.236. The average molecular weight is 309 g/mol. The minimum Gasteiger partial charge on any atom is -0.350 e. The standard InChI is InChI=1S/C19H35NO2/c1-18(2,3)17-7-9-19(10-8-17)21-14-16(15-22-19)13-20-11-5-4-6-12-20/h16-17H,4-15H2,1-3H3. The maximum Gasteiger partial charge on any atom is 0.168 e. The Morgan fingerprint density at radius 3 is 2.09 bits per heavy atom. The molecule has 3 rings (SSSR count). The molecule has 3 heteroatoms. The zero-order valence-electron chi connectivity index (χ0n) is 14.9. The predicted molar refractivity (Wildman–Crippen MR) is 89.8 cm³/mol. The molecule has 1 saturated carbocycles. The summed E-state index contributed by atoms with van der Waals surface area (Å²) in [6.07, 6.45) is 8.82. The molecule has 128 valence electrons. The second-order valence-corrected chi connectivity index (χ2v) is 8.90. The average Bonchev–Trinajstić information content (AvgIpc) is 2.51. The van der Waals surface area contributed by atoms with E-state index in [2.05, 4.69) is 25.7 Å². The van der Waals surface area contributed by atoms with Crippen LogP contribution in [0.5, 0.6) is 0 Å². The summed E-state index contributed by atoms with van der Waals surface area (Å²) in [7, 11) is 0. The van der Waals surface area contributed by atoms with E-state index >= 15 is 0 Å². The molecule has 0 radical (unpaired) electrons.